The molecule has 0 aromatic heterocycles. The summed E-state index contributed by atoms with van der Waals surface area (Å²) in [5, 5.41) is 0. The molecule has 0 radical (unpaired) electrons. The Bertz CT molecular complexity index is 541. The van der Waals surface area contributed by atoms with E-state index in [-0.39, 0.29) is 5.82 Å². The van der Waals surface area contributed by atoms with E-state index in [4.69, 9.17) is 0 Å². The van der Waals surface area contributed by atoms with E-state index in [0.717, 1.165) is 23.0 Å². The summed E-state index contributed by atoms with van der Waals surface area (Å²) in [4.78, 5) is 10.3. The zero-order valence-corrected chi connectivity index (χ0v) is 9.14. The number of hydrogen-bond acceptors (Lipinski definition) is 1. The highest BCUT2D eigenvalue weighted by molar-refractivity contribution is 5.80. The van der Waals surface area contributed by atoms with Crippen molar-refractivity contribution in [3.63, 3.8) is 0 Å². The number of aldehydes is 1. The van der Waals surface area contributed by atoms with Crippen molar-refractivity contribution in [1.82, 2.24) is 0 Å². The van der Waals surface area contributed by atoms with Crippen LogP contribution in [0.25, 0.3) is 17.2 Å². The maximum atomic E-state index is 12.8. The van der Waals surface area contributed by atoms with E-state index in [1.54, 1.807) is 18.2 Å². The van der Waals surface area contributed by atoms with Gasteiger partial charge in [0.2, 0.25) is 0 Å². The second-order valence-electron chi connectivity index (χ2n) is 3.59. The van der Waals surface area contributed by atoms with Gasteiger partial charge in [0, 0.05) is 0 Å². The molecule has 0 bridgehead atoms. The van der Waals surface area contributed by atoms with Crippen LogP contribution in [-0.4, -0.2) is 6.29 Å². The van der Waals surface area contributed by atoms with Gasteiger partial charge in [0.15, 0.2) is 0 Å². The van der Waals surface area contributed by atoms with Crippen LogP contribution in [0.2, 0.25) is 0 Å². The maximum absolute atomic E-state index is 12.8. The Kier molecular flexibility index (Phi) is 3.46. The average Bonchev–Trinajstić information content (AvgIpc) is 2.38. The van der Waals surface area contributed by atoms with E-state index in [2.05, 4.69) is 0 Å². The molecular weight excluding hydrogens is 215 g/mol. The molecule has 0 spiro atoms. The lowest BCUT2D eigenvalue weighted by Gasteiger charge is -2.05. The molecule has 0 saturated carbocycles. The highest BCUT2D eigenvalue weighted by Crippen LogP contribution is 2.24. The Balaban J connectivity index is 2.47. The summed E-state index contributed by atoms with van der Waals surface area (Å²) in [6, 6.07) is 14.0. The molecule has 2 aromatic carbocycles. The lowest BCUT2D eigenvalue weighted by atomic mass is 9.99. The Hall–Kier alpha value is -2.22. The van der Waals surface area contributed by atoms with Gasteiger partial charge in [0.25, 0.3) is 0 Å². The molecule has 2 heteroatoms. The van der Waals surface area contributed by atoms with Crippen molar-refractivity contribution in [2.75, 3.05) is 0 Å². The van der Waals surface area contributed by atoms with Gasteiger partial charge in [-0.3, -0.25) is 4.79 Å². The van der Waals surface area contributed by atoms with Crippen LogP contribution < -0.4 is 0 Å². The fourth-order valence-corrected chi connectivity index (χ4v) is 1.68. The molecular formula is C15H11FO. The van der Waals surface area contributed by atoms with Crippen LogP contribution in [0.4, 0.5) is 4.39 Å². The monoisotopic (exact) mass is 226 g/mol. The summed E-state index contributed by atoms with van der Waals surface area (Å²) in [7, 11) is 0. The Morgan fingerprint density at radius 1 is 0.941 bits per heavy atom. The SMILES string of the molecule is O=C/C=C/c1ccccc1-c1ccc(F)cc1. The normalized spacial score (nSPS) is 10.6. The molecule has 0 amide bonds. The Morgan fingerprint density at radius 3 is 2.35 bits per heavy atom. The van der Waals surface area contributed by atoms with Gasteiger partial charge < -0.3 is 0 Å². The van der Waals surface area contributed by atoms with Gasteiger partial charge in [-0.2, -0.15) is 0 Å². The van der Waals surface area contributed by atoms with Crippen LogP contribution in [0, 0.1) is 5.82 Å². The molecule has 0 aliphatic carbocycles. The standard InChI is InChI=1S/C15H11FO/c16-14-9-7-13(8-10-14)15-6-2-1-4-12(15)5-3-11-17/h1-11H/b5-3+. The molecule has 0 heterocycles. The van der Waals surface area contributed by atoms with Crippen molar-refractivity contribution in [3.8, 4) is 11.1 Å². The lowest BCUT2D eigenvalue weighted by molar-refractivity contribution is -0.104. The number of halogens is 1. The van der Waals surface area contributed by atoms with Crippen molar-refractivity contribution in [2.45, 2.75) is 0 Å². The number of hydrogen-bond donors (Lipinski definition) is 0. The van der Waals surface area contributed by atoms with Gasteiger partial charge in [0.1, 0.15) is 12.1 Å². The minimum absolute atomic E-state index is 0.255. The van der Waals surface area contributed by atoms with Crippen LogP contribution in [0.1, 0.15) is 5.56 Å². The summed E-state index contributed by atoms with van der Waals surface area (Å²) in [5.41, 5.74) is 2.84. The third-order valence-corrected chi connectivity index (χ3v) is 2.47. The number of carbonyl (C=O) groups is 1. The maximum Gasteiger partial charge on any atom is 0.142 e. The fourth-order valence-electron chi connectivity index (χ4n) is 1.68. The van der Waals surface area contributed by atoms with Crippen LogP contribution in [0.5, 0.6) is 0 Å². The largest absolute Gasteiger partial charge is 0.299 e. The summed E-state index contributed by atoms with van der Waals surface area (Å²) in [6.07, 6.45) is 3.93. The smallest absolute Gasteiger partial charge is 0.142 e. The van der Waals surface area contributed by atoms with Gasteiger partial charge in [-0.15, -0.1) is 0 Å². The molecule has 0 fully saturated rings. The number of rotatable bonds is 3. The number of allylic oxidation sites excluding steroid dienone is 1. The van der Waals surface area contributed by atoms with Crippen LogP contribution in [0.15, 0.2) is 54.6 Å². The van der Waals surface area contributed by atoms with E-state index in [1.165, 1.54) is 18.2 Å². The van der Waals surface area contributed by atoms with E-state index >= 15 is 0 Å². The summed E-state index contributed by atoms with van der Waals surface area (Å²) in [6.45, 7) is 0. The van der Waals surface area contributed by atoms with Crippen molar-refractivity contribution < 1.29 is 9.18 Å². The molecule has 1 nitrogen and oxygen atoms in total. The zero-order chi connectivity index (χ0) is 12.1. The molecule has 0 aliphatic heterocycles. The first-order valence-electron chi connectivity index (χ1n) is 5.28. The first-order chi connectivity index (χ1) is 8.31. The lowest BCUT2D eigenvalue weighted by Crippen LogP contribution is -1.83. The molecule has 0 aliphatic rings. The minimum Gasteiger partial charge on any atom is -0.299 e. The molecule has 0 unspecified atom stereocenters. The van der Waals surface area contributed by atoms with Gasteiger partial charge >= 0.3 is 0 Å². The predicted octanol–water partition coefficient (Wildman–Crippen LogP) is 3.70. The third kappa shape index (κ3) is 2.67. The van der Waals surface area contributed by atoms with Crippen LogP contribution in [-0.2, 0) is 4.79 Å². The number of carbonyl (C=O) groups excluding carboxylic acids is 1. The second kappa shape index (κ2) is 5.21. The molecule has 0 atom stereocenters. The van der Waals surface area contributed by atoms with Gasteiger partial charge in [0.05, 0.1) is 0 Å². The Labute approximate surface area is 99.2 Å². The van der Waals surface area contributed by atoms with E-state index in [0.29, 0.717) is 0 Å². The van der Waals surface area contributed by atoms with Crippen LogP contribution >= 0.6 is 0 Å². The predicted molar refractivity (Wildman–Crippen MR) is 66.9 cm³/mol. The first-order valence-corrected chi connectivity index (χ1v) is 5.28. The zero-order valence-electron chi connectivity index (χ0n) is 9.14. The molecule has 84 valence electrons. The molecule has 2 rings (SSSR count). The topological polar surface area (TPSA) is 17.1 Å². The quantitative estimate of drug-likeness (QED) is 0.576. The third-order valence-electron chi connectivity index (χ3n) is 2.47. The molecule has 0 saturated heterocycles. The van der Waals surface area contributed by atoms with Gasteiger partial charge in [-0.05, 0) is 34.9 Å². The van der Waals surface area contributed by atoms with Crippen molar-refractivity contribution in [2.24, 2.45) is 0 Å². The van der Waals surface area contributed by atoms with Crippen molar-refractivity contribution in [3.05, 3.63) is 66.0 Å². The summed E-state index contributed by atoms with van der Waals surface area (Å²) < 4.78 is 12.8. The highest BCUT2D eigenvalue weighted by Gasteiger charge is 2.01. The minimum atomic E-state index is -0.255. The van der Waals surface area contributed by atoms with Gasteiger partial charge in [-0.1, -0.05) is 42.5 Å². The van der Waals surface area contributed by atoms with Gasteiger partial charge in [-0.25, -0.2) is 4.39 Å². The average molecular weight is 226 g/mol. The summed E-state index contributed by atoms with van der Waals surface area (Å²) >= 11 is 0. The highest BCUT2D eigenvalue weighted by atomic mass is 19.1. The number of benzene rings is 2. The van der Waals surface area contributed by atoms with Crippen LogP contribution in [0.3, 0.4) is 0 Å². The first kappa shape index (κ1) is 11.3. The fraction of sp³-hybridized carbons (Fsp3) is 0. The van der Waals surface area contributed by atoms with Crippen molar-refractivity contribution in [1.29, 1.82) is 0 Å². The molecule has 17 heavy (non-hydrogen) atoms. The summed E-state index contributed by atoms with van der Waals surface area (Å²) in [5.74, 6) is -0.255. The van der Waals surface area contributed by atoms with E-state index in [9.17, 15) is 9.18 Å². The molecule has 2 aromatic rings. The second-order valence-corrected chi connectivity index (χ2v) is 3.59. The Morgan fingerprint density at radius 2 is 1.65 bits per heavy atom. The van der Waals surface area contributed by atoms with E-state index < -0.39 is 0 Å². The van der Waals surface area contributed by atoms with E-state index in [1.807, 2.05) is 24.3 Å². The van der Waals surface area contributed by atoms with Crippen molar-refractivity contribution >= 4 is 12.4 Å². The molecule has 0 N–H and O–H groups in total.